The summed E-state index contributed by atoms with van der Waals surface area (Å²) in [5, 5.41) is 0.648. The number of fused-ring (bicyclic) bond motifs is 1. The largest absolute Gasteiger partial charge is 0.496 e. The Labute approximate surface area is 182 Å². The summed E-state index contributed by atoms with van der Waals surface area (Å²) < 4.78 is 7.43. The van der Waals surface area contributed by atoms with Crippen LogP contribution in [0.3, 0.4) is 0 Å². The third-order valence-corrected chi connectivity index (χ3v) is 6.03. The molecular weight excluding hydrogens is 388 g/mol. The van der Waals surface area contributed by atoms with Crippen LogP contribution in [0, 0.1) is 0 Å². The number of ether oxygens (including phenoxy) is 1. The van der Waals surface area contributed by atoms with E-state index in [1.54, 1.807) is 32.9 Å². The fraction of sp³-hybridized carbons (Fsp3) is 0.320. The predicted molar refractivity (Wildman–Crippen MR) is 126 cm³/mol. The van der Waals surface area contributed by atoms with Crippen molar-refractivity contribution < 1.29 is 4.74 Å². The van der Waals surface area contributed by atoms with Crippen LogP contribution in [0.1, 0.15) is 48.4 Å². The zero-order valence-electron chi connectivity index (χ0n) is 18.0. The van der Waals surface area contributed by atoms with E-state index in [0.29, 0.717) is 17.3 Å². The van der Waals surface area contributed by atoms with Gasteiger partial charge in [-0.15, -0.1) is 0 Å². The van der Waals surface area contributed by atoms with Gasteiger partial charge in [0.25, 0.3) is 5.56 Å². The van der Waals surface area contributed by atoms with Gasteiger partial charge in [0, 0.05) is 43.6 Å². The van der Waals surface area contributed by atoms with Crippen molar-refractivity contribution in [2.45, 2.75) is 38.1 Å². The second-order valence-electron chi connectivity index (χ2n) is 7.96. The number of benzene rings is 2. The Bertz CT molecular complexity index is 1190. The van der Waals surface area contributed by atoms with Crippen molar-refractivity contribution in [3.8, 4) is 5.75 Å². The number of aliphatic imine (C=N–C) groups is 1. The van der Waals surface area contributed by atoms with Crippen molar-refractivity contribution in [3.63, 3.8) is 0 Å². The van der Waals surface area contributed by atoms with Crippen LogP contribution >= 0.6 is 0 Å². The van der Waals surface area contributed by atoms with Crippen LogP contribution in [0.4, 0.5) is 0 Å². The molecule has 1 fully saturated rings. The van der Waals surface area contributed by atoms with Gasteiger partial charge in [-0.3, -0.25) is 14.4 Å². The molecule has 160 valence electrons. The Hall–Kier alpha value is -3.41. The molecule has 31 heavy (non-hydrogen) atoms. The van der Waals surface area contributed by atoms with E-state index in [2.05, 4.69) is 22.1 Å². The maximum Gasteiger partial charge on any atom is 0.261 e. The van der Waals surface area contributed by atoms with Gasteiger partial charge in [-0.2, -0.15) is 0 Å². The molecule has 1 saturated carbocycles. The van der Waals surface area contributed by atoms with Crippen molar-refractivity contribution in [3.05, 3.63) is 76.0 Å². The third kappa shape index (κ3) is 4.24. The van der Waals surface area contributed by atoms with E-state index >= 15 is 0 Å². The van der Waals surface area contributed by atoms with Gasteiger partial charge >= 0.3 is 0 Å². The molecule has 0 unspecified atom stereocenters. The molecule has 6 nitrogen and oxygen atoms in total. The number of allylic oxidation sites excluding steroid dienone is 1. The number of nitrogens with zero attached hydrogens (tertiary/aromatic N) is 3. The van der Waals surface area contributed by atoms with E-state index in [-0.39, 0.29) is 11.6 Å². The zero-order chi connectivity index (χ0) is 21.8. The first-order valence-electron chi connectivity index (χ1n) is 10.7. The highest BCUT2D eigenvalue weighted by Crippen LogP contribution is 2.30. The van der Waals surface area contributed by atoms with Crippen LogP contribution in [0.2, 0.25) is 0 Å². The van der Waals surface area contributed by atoms with Crippen molar-refractivity contribution in [1.82, 2.24) is 9.55 Å². The molecule has 4 rings (SSSR count). The molecule has 0 atom stereocenters. The lowest BCUT2D eigenvalue weighted by Gasteiger charge is -2.15. The summed E-state index contributed by atoms with van der Waals surface area (Å²) in [4.78, 5) is 21.8. The summed E-state index contributed by atoms with van der Waals surface area (Å²) in [7, 11) is 3.37. The lowest BCUT2D eigenvalue weighted by Crippen LogP contribution is -2.24. The van der Waals surface area contributed by atoms with Crippen molar-refractivity contribution in [2.75, 3.05) is 14.2 Å². The maximum absolute atomic E-state index is 13.2. The zero-order valence-corrected chi connectivity index (χ0v) is 18.0. The minimum atomic E-state index is 0.0349. The first-order chi connectivity index (χ1) is 15.1. The van der Waals surface area contributed by atoms with Gasteiger partial charge in [0.1, 0.15) is 5.75 Å². The van der Waals surface area contributed by atoms with Gasteiger partial charge in [0.15, 0.2) is 0 Å². The van der Waals surface area contributed by atoms with E-state index in [4.69, 9.17) is 10.5 Å². The third-order valence-electron chi connectivity index (χ3n) is 6.03. The minimum absolute atomic E-state index is 0.0349. The molecule has 6 heteroatoms. The number of rotatable bonds is 6. The second kappa shape index (κ2) is 9.16. The Kier molecular flexibility index (Phi) is 6.16. The van der Waals surface area contributed by atoms with E-state index in [1.165, 1.54) is 12.8 Å². The molecule has 1 aliphatic carbocycles. The molecule has 1 heterocycles. The van der Waals surface area contributed by atoms with Crippen LogP contribution in [0.15, 0.2) is 58.7 Å². The summed E-state index contributed by atoms with van der Waals surface area (Å²) in [5.41, 5.74) is 10.4. The fourth-order valence-corrected chi connectivity index (χ4v) is 4.37. The molecule has 0 spiro atoms. The topological polar surface area (TPSA) is 82.5 Å². The molecule has 2 aromatic carbocycles. The normalized spacial score (nSPS) is 15.2. The number of hydrogen-bond donors (Lipinski definition) is 1. The van der Waals surface area contributed by atoms with E-state index in [9.17, 15) is 4.79 Å². The predicted octanol–water partition coefficient (Wildman–Crippen LogP) is 4.11. The Morgan fingerprint density at radius 2 is 2.00 bits per heavy atom. The van der Waals surface area contributed by atoms with E-state index in [0.717, 1.165) is 40.9 Å². The van der Waals surface area contributed by atoms with Gasteiger partial charge in [-0.1, -0.05) is 37.1 Å². The molecule has 0 radical (unpaired) electrons. The van der Waals surface area contributed by atoms with Crippen molar-refractivity contribution in [2.24, 2.45) is 10.7 Å². The summed E-state index contributed by atoms with van der Waals surface area (Å²) in [6.07, 6.45) is 10.1. The monoisotopic (exact) mass is 416 g/mol. The lowest BCUT2D eigenvalue weighted by atomic mass is 9.99. The number of nitrogens with two attached hydrogens (primary N) is 1. The average Bonchev–Trinajstić information content (AvgIpc) is 3.33. The first kappa shape index (κ1) is 20.8. The van der Waals surface area contributed by atoms with Crippen LogP contribution in [-0.2, 0) is 6.42 Å². The van der Waals surface area contributed by atoms with Crippen molar-refractivity contribution >= 4 is 22.7 Å². The fourth-order valence-electron chi connectivity index (χ4n) is 4.37. The van der Waals surface area contributed by atoms with Crippen LogP contribution < -0.4 is 16.0 Å². The van der Waals surface area contributed by atoms with E-state index < -0.39 is 0 Å². The van der Waals surface area contributed by atoms with Crippen molar-refractivity contribution in [1.29, 1.82) is 0 Å². The molecule has 0 bridgehead atoms. The van der Waals surface area contributed by atoms with Crippen LogP contribution in [0.25, 0.3) is 16.5 Å². The summed E-state index contributed by atoms with van der Waals surface area (Å²) in [6, 6.07) is 12.2. The lowest BCUT2D eigenvalue weighted by molar-refractivity contribution is 0.411. The molecule has 3 aromatic rings. The average molecular weight is 417 g/mol. The smallest absolute Gasteiger partial charge is 0.261 e. The SMILES string of the molecule is CN=CC(=CN)c1ccc(Cc2cc3c(=O)n(C4CCCC4)cnc3cc2OC)cc1. The molecule has 0 aliphatic heterocycles. The van der Waals surface area contributed by atoms with Gasteiger partial charge in [-0.05, 0) is 35.6 Å². The Balaban J connectivity index is 1.69. The van der Waals surface area contributed by atoms with E-state index in [1.807, 2.05) is 28.8 Å². The number of aromatic nitrogens is 2. The summed E-state index contributed by atoms with van der Waals surface area (Å²) >= 11 is 0. The molecule has 2 N–H and O–H groups in total. The highest BCUT2D eigenvalue weighted by Gasteiger charge is 2.20. The molecule has 0 saturated heterocycles. The minimum Gasteiger partial charge on any atom is -0.496 e. The summed E-state index contributed by atoms with van der Waals surface area (Å²) in [5.74, 6) is 0.739. The first-order valence-corrected chi connectivity index (χ1v) is 10.7. The molecule has 1 aromatic heterocycles. The quantitative estimate of drug-likeness (QED) is 0.613. The van der Waals surface area contributed by atoms with Gasteiger partial charge in [-0.25, -0.2) is 4.98 Å². The number of methoxy groups -OCH3 is 1. The standard InChI is InChI=1S/C25H28N4O2/c1-27-15-20(14-26)18-9-7-17(8-10-18)11-19-12-22-23(13-24(19)31-2)28-16-29(25(22)30)21-5-3-4-6-21/h7-10,12-16,21H,3-6,11,26H2,1-2H3. The molecular formula is C25H28N4O2. The molecule has 0 amide bonds. The van der Waals surface area contributed by atoms with Gasteiger partial charge in [0.2, 0.25) is 0 Å². The van der Waals surface area contributed by atoms with Gasteiger partial charge < -0.3 is 10.5 Å². The second-order valence-corrected chi connectivity index (χ2v) is 7.96. The Morgan fingerprint density at radius 1 is 1.26 bits per heavy atom. The molecule has 1 aliphatic rings. The van der Waals surface area contributed by atoms with Crippen LogP contribution in [0.5, 0.6) is 5.75 Å². The summed E-state index contributed by atoms with van der Waals surface area (Å²) in [6.45, 7) is 0. The Morgan fingerprint density at radius 3 is 2.65 bits per heavy atom. The maximum atomic E-state index is 13.2. The highest BCUT2D eigenvalue weighted by molar-refractivity contribution is 6.09. The number of hydrogen-bond acceptors (Lipinski definition) is 5. The highest BCUT2D eigenvalue weighted by atomic mass is 16.5. The van der Waals surface area contributed by atoms with Gasteiger partial charge in [0.05, 0.1) is 24.3 Å². The van der Waals surface area contributed by atoms with Crippen LogP contribution in [-0.4, -0.2) is 29.9 Å².